The van der Waals surface area contributed by atoms with Crippen molar-refractivity contribution in [1.29, 1.82) is 0 Å². The first kappa shape index (κ1) is 58.0. The number of carboxylic acids is 1. The van der Waals surface area contributed by atoms with Crippen molar-refractivity contribution < 1.29 is 47.5 Å². The van der Waals surface area contributed by atoms with Gasteiger partial charge >= 0.3 is 12.1 Å². The molecule has 5 rings (SSSR count). The molecule has 5 amide bonds. The number of ether oxygens (including phenoxy) is 1. The topological polar surface area (TPSA) is 201 Å². The van der Waals surface area contributed by atoms with E-state index in [1.54, 1.807) is 12.1 Å². The van der Waals surface area contributed by atoms with Crippen molar-refractivity contribution >= 4 is 63.2 Å². The number of nitrogens with one attached hydrogen (secondary N) is 3. The zero-order valence-corrected chi connectivity index (χ0v) is 47.4. The molecule has 3 atom stereocenters. The lowest BCUT2D eigenvalue weighted by Gasteiger charge is -2.44. The Morgan fingerprint density at radius 2 is 1.19 bits per heavy atom. The second kappa shape index (κ2) is 24.0. The Balaban J connectivity index is 1.22. The number of hydrogen-bond acceptors (Lipinski definition) is 10. The van der Waals surface area contributed by atoms with Gasteiger partial charge in [0.25, 0.3) is 11.8 Å². The molecule has 0 saturated heterocycles. The van der Waals surface area contributed by atoms with Gasteiger partial charge in [0.15, 0.2) is 28.8 Å². The van der Waals surface area contributed by atoms with Crippen LogP contribution in [-0.4, -0.2) is 143 Å². The standard InChI is InChI=1S/C54H79N7O10Si2/c1-36(51(66)67)59(9)46(63)27-29-56-49(64)47(70-72(11,12)53(2,3)4)48(71-73(13,14)54(5,6)7)50(65)57-31-30-55-45(62)28-32-61-38(33-37-21-15-20-26-44(37)61)34-58(8)60(10)52(68)69-35-43-41-24-18-16-22-39(41)40-23-17-19-25-42(40)43/h15-26,33,36,43,47-48H,27-32,34-35H2,1-14H3,(H,55,62)(H,56,64)(H,57,65)(H,66,67)/t36-,47+,48-/m0/s1. The Morgan fingerprint density at radius 3 is 1.73 bits per heavy atom. The van der Waals surface area contributed by atoms with Crippen LogP contribution in [0.2, 0.25) is 36.3 Å². The molecule has 0 saturated carbocycles. The smallest absolute Gasteiger partial charge is 0.424 e. The minimum absolute atomic E-state index is 0.0314. The first-order valence-electron chi connectivity index (χ1n) is 25.1. The maximum atomic E-state index is 14.4. The molecule has 1 aromatic heterocycles. The molecular formula is C54H79N7O10Si2. The summed E-state index contributed by atoms with van der Waals surface area (Å²) < 4.78 is 21.5. The SMILES string of the molecule is C[C@@H](C(=O)O)N(C)C(=O)CCNC(=O)[C@H](O[Si](C)(C)C(C)(C)C)[C@H](O[Si](C)(C)C(C)(C)C)C(=O)NCCNC(=O)CCn1c(CN(C)N(C)C(=O)OCC2c3ccccc3-c3ccccc32)cc2ccccc21. The highest BCUT2D eigenvalue weighted by Crippen LogP contribution is 2.45. The average molecular weight is 1040 g/mol. The largest absolute Gasteiger partial charge is 0.480 e. The molecule has 19 heteroatoms. The van der Waals surface area contributed by atoms with Crippen LogP contribution in [0.25, 0.3) is 22.0 Å². The summed E-state index contributed by atoms with van der Waals surface area (Å²) in [6.07, 6.45) is -3.30. The third kappa shape index (κ3) is 14.3. The molecule has 4 aromatic rings. The molecular weight excluding hydrogens is 963 g/mol. The summed E-state index contributed by atoms with van der Waals surface area (Å²) in [6, 6.07) is 25.3. The van der Waals surface area contributed by atoms with Crippen LogP contribution >= 0.6 is 0 Å². The number of aliphatic carboxylic acids is 1. The summed E-state index contributed by atoms with van der Waals surface area (Å²) in [5.41, 5.74) is 6.40. The van der Waals surface area contributed by atoms with E-state index in [4.69, 9.17) is 13.6 Å². The highest BCUT2D eigenvalue weighted by molar-refractivity contribution is 6.75. The maximum absolute atomic E-state index is 14.4. The van der Waals surface area contributed by atoms with Crippen LogP contribution < -0.4 is 16.0 Å². The number of benzene rings is 3. The van der Waals surface area contributed by atoms with Crippen molar-refractivity contribution in [2.75, 3.05) is 47.4 Å². The number of fused-ring (bicyclic) bond motifs is 4. The van der Waals surface area contributed by atoms with E-state index in [0.29, 0.717) is 13.1 Å². The third-order valence-electron chi connectivity index (χ3n) is 14.9. The number of likely N-dealkylation sites (N-methyl/N-ethyl adjacent to an activating group) is 1. The minimum Gasteiger partial charge on any atom is -0.480 e. The lowest BCUT2D eigenvalue weighted by molar-refractivity contribution is -0.148. The molecule has 3 aromatic carbocycles. The maximum Gasteiger partial charge on any atom is 0.424 e. The van der Waals surface area contributed by atoms with Gasteiger partial charge in [0.1, 0.15) is 12.6 Å². The summed E-state index contributed by atoms with van der Waals surface area (Å²) in [5, 5.41) is 21.5. The number of hydrazine groups is 1. The van der Waals surface area contributed by atoms with E-state index in [9.17, 15) is 33.9 Å². The van der Waals surface area contributed by atoms with E-state index in [2.05, 4.69) is 50.8 Å². The Bertz CT molecular complexity index is 2580. The van der Waals surface area contributed by atoms with E-state index < -0.39 is 64.7 Å². The van der Waals surface area contributed by atoms with E-state index in [0.717, 1.165) is 43.8 Å². The zero-order chi connectivity index (χ0) is 54.2. The third-order valence-corrected chi connectivity index (χ3v) is 23.8. The van der Waals surface area contributed by atoms with Crippen LogP contribution in [0.5, 0.6) is 0 Å². The number of aryl methyl sites for hydroxylation is 1. The van der Waals surface area contributed by atoms with E-state index in [-0.39, 0.29) is 61.0 Å². The number of hydrogen-bond donors (Lipinski definition) is 4. The molecule has 73 heavy (non-hydrogen) atoms. The van der Waals surface area contributed by atoms with E-state index >= 15 is 0 Å². The van der Waals surface area contributed by atoms with Crippen molar-refractivity contribution in [1.82, 2.24) is 35.4 Å². The van der Waals surface area contributed by atoms with Crippen LogP contribution in [0.4, 0.5) is 4.79 Å². The van der Waals surface area contributed by atoms with Crippen LogP contribution in [0.1, 0.15) is 84.0 Å². The van der Waals surface area contributed by atoms with Gasteiger partial charge in [-0.3, -0.25) is 19.2 Å². The van der Waals surface area contributed by atoms with Gasteiger partial charge in [0.2, 0.25) is 11.8 Å². The van der Waals surface area contributed by atoms with Crippen LogP contribution in [-0.2, 0) is 50.7 Å². The fraction of sp³-hybridized carbons (Fsp3) is 0.519. The monoisotopic (exact) mass is 1040 g/mol. The lowest BCUT2D eigenvalue weighted by Crippen LogP contribution is -2.60. The molecule has 1 aliphatic rings. The molecule has 4 N–H and O–H groups in total. The van der Waals surface area contributed by atoms with Crippen LogP contribution in [0, 0.1) is 0 Å². The molecule has 0 aliphatic heterocycles. The number of nitrogens with zero attached hydrogens (tertiary/aromatic N) is 4. The molecule has 0 radical (unpaired) electrons. The van der Waals surface area contributed by atoms with Gasteiger partial charge in [0.05, 0.1) is 6.54 Å². The molecule has 398 valence electrons. The first-order chi connectivity index (χ1) is 34.1. The number of carboxylic acid groups (broad SMARTS) is 1. The average Bonchev–Trinajstić information content (AvgIpc) is 3.84. The van der Waals surface area contributed by atoms with Crippen LogP contribution in [0.15, 0.2) is 78.9 Å². The van der Waals surface area contributed by atoms with E-state index in [1.807, 2.05) is 123 Å². The van der Waals surface area contributed by atoms with Gasteiger partial charge in [-0.05, 0) is 83.0 Å². The Labute approximate surface area is 433 Å². The number of rotatable bonds is 23. The number of carbonyl (C=O) groups excluding carboxylic acids is 5. The summed E-state index contributed by atoms with van der Waals surface area (Å²) in [7, 11) is -0.623. The number of para-hydroxylation sites is 1. The number of amides is 5. The molecule has 1 heterocycles. The zero-order valence-electron chi connectivity index (χ0n) is 45.4. The van der Waals surface area contributed by atoms with Gasteiger partial charge in [-0.1, -0.05) is 108 Å². The van der Waals surface area contributed by atoms with Gasteiger partial charge in [-0.25, -0.2) is 19.6 Å². The van der Waals surface area contributed by atoms with Gasteiger partial charge in [-0.15, -0.1) is 0 Å². The Hall–Kier alpha value is -5.87. The molecule has 0 bridgehead atoms. The number of aromatic nitrogens is 1. The Kier molecular flexibility index (Phi) is 19.1. The van der Waals surface area contributed by atoms with E-state index in [1.165, 1.54) is 19.0 Å². The summed E-state index contributed by atoms with van der Waals surface area (Å²) in [5.74, 6) is -3.16. The van der Waals surface area contributed by atoms with Gasteiger partial charge < -0.3 is 44.1 Å². The summed E-state index contributed by atoms with van der Waals surface area (Å²) in [6.45, 7) is 22.3. The predicted molar refractivity (Wildman–Crippen MR) is 289 cm³/mol. The quantitative estimate of drug-likeness (QED) is 0.0322. The second-order valence-corrected chi connectivity index (χ2v) is 31.6. The summed E-state index contributed by atoms with van der Waals surface area (Å²) >= 11 is 0. The predicted octanol–water partition coefficient (Wildman–Crippen LogP) is 7.71. The molecule has 0 fully saturated rings. The minimum atomic E-state index is -2.75. The molecule has 0 unspecified atom stereocenters. The summed E-state index contributed by atoms with van der Waals surface area (Å²) in [4.78, 5) is 81.0. The van der Waals surface area contributed by atoms with Gasteiger partial charge in [0, 0.05) is 77.3 Å². The van der Waals surface area contributed by atoms with Crippen molar-refractivity contribution in [3.63, 3.8) is 0 Å². The fourth-order valence-corrected chi connectivity index (χ4v) is 10.5. The molecule has 0 spiro atoms. The molecule has 17 nitrogen and oxygen atoms in total. The van der Waals surface area contributed by atoms with Gasteiger partial charge in [-0.2, -0.15) is 0 Å². The van der Waals surface area contributed by atoms with Crippen LogP contribution in [0.3, 0.4) is 0 Å². The van der Waals surface area contributed by atoms with Crippen molar-refractivity contribution in [2.45, 2.75) is 135 Å². The lowest BCUT2D eigenvalue weighted by atomic mass is 9.98. The normalized spacial score (nSPS) is 14.2. The number of carbonyl (C=O) groups is 6. The fourth-order valence-electron chi connectivity index (χ4n) is 8.07. The van der Waals surface area contributed by atoms with Crippen molar-refractivity contribution in [3.8, 4) is 11.1 Å². The van der Waals surface area contributed by atoms with Crippen molar-refractivity contribution in [3.05, 3.63) is 95.7 Å². The van der Waals surface area contributed by atoms with Crippen molar-refractivity contribution in [2.24, 2.45) is 0 Å². The highest BCUT2D eigenvalue weighted by atomic mass is 28.4. The first-order valence-corrected chi connectivity index (χ1v) is 30.9. The highest BCUT2D eigenvalue weighted by Gasteiger charge is 2.49. The molecule has 1 aliphatic carbocycles. The Morgan fingerprint density at radius 1 is 0.699 bits per heavy atom. The second-order valence-electron chi connectivity index (χ2n) is 22.0.